The van der Waals surface area contributed by atoms with Crippen LogP contribution in [-0.4, -0.2) is 50.7 Å². The monoisotopic (exact) mass is 332 g/mol. The molecule has 5 nitrogen and oxygen atoms in total. The Balaban J connectivity index is 1.44. The Kier molecular flexibility index (Phi) is 5.61. The van der Waals surface area contributed by atoms with Crippen LogP contribution in [0.15, 0.2) is 18.2 Å². The van der Waals surface area contributed by atoms with Gasteiger partial charge in [0.15, 0.2) is 0 Å². The van der Waals surface area contributed by atoms with Gasteiger partial charge in [-0.25, -0.2) is 0 Å². The van der Waals surface area contributed by atoms with Crippen LogP contribution in [0.25, 0.3) is 0 Å². The zero-order chi connectivity index (χ0) is 16.9. The van der Waals surface area contributed by atoms with E-state index < -0.39 is 0 Å². The highest BCUT2D eigenvalue weighted by molar-refractivity contribution is 5.78. The van der Waals surface area contributed by atoms with Gasteiger partial charge in [-0.05, 0) is 37.9 Å². The van der Waals surface area contributed by atoms with Crippen LogP contribution >= 0.6 is 0 Å². The van der Waals surface area contributed by atoms with Gasteiger partial charge in [-0.3, -0.25) is 9.69 Å². The van der Waals surface area contributed by atoms with Crippen molar-refractivity contribution in [3.8, 4) is 11.5 Å². The van der Waals surface area contributed by atoms with Crippen LogP contribution < -0.4 is 14.8 Å². The average Bonchev–Trinajstić information content (AvgIpc) is 3.14. The standard InChI is InChI=1S/C19H28N2O3/c1-21(16-5-3-4-6-16)12-19(22)20-11-14-9-15-7-8-17(23-2)10-18(15)24-13-14/h7-8,10,14,16H,3-6,9,11-13H2,1-2H3,(H,20,22)/t14-/m1/s1. The largest absolute Gasteiger partial charge is 0.497 e. The van der Waals surface area contributed by atoms with E-state index in [0.717, 1.165) is 17.9 Å². The lowest BCUT2D eigenvalue weighted by Crippen LogP contribution is -2.42. The Morgan fingerprint density at radius 2 is 2.17 bits per heavy atom. The van der Waals surface area contributed by atoms with E-state index in [-0.39, 0.29) is 5.91 Å². The Hall–Kier alpha value is -1.75. The van der Waals surface area contributed by atoms with Gasteiger partial charge in [0.1, 0.15) is 11.5 Å². The Bertz CT molecular complexity index is 570. The second-order valence-electron chi connectivity index (χ2n) is 7.01. The van der Waals surface area contributed by atoms with Crippen molar-refractivity contribution in [3.05, 3.63) is 23.8 Å². The van der Waals surface area contributed by atoms with E-state index >= 15 is 0 Å². The molecule has 3 rings (SSSR count). The molecule has 0 saturated heterocycles. The maximum atomic E-state index is 12.2. The molecule has 1 N–H and O–H groups in total. The van der Waals surface area contributed by atoms with Crippen LogP contribution in [0.5, 0.6) is 11.5 Å². The number of hydrogen-bond acceptors (Lipinski definition) is 4. The number of ether oxygens (including phenoxy) is 2. The van der Waals surface area contributed by atoms with Crippen LogP contribution in [0.1, 0.15) is 31.2 Å². The number of likely N-dealkylation sites (N-methyl/N-ethyl adjacent to an activating group) is 1. The maximum absolute atomic E-state index is 12.2. The number of nitrogens with one attached hydrogen (secondary N) is 1. The normalized spacial score (nSPS) is 20.5. The van der Waals surface area contributed by atoms with Gasteiger partial charge < -0.3 is 14.8 Å². The molecule has 1 aliphatic heterocycles. The van der Waals surface area contributed by atoms with E-state index in [1.54, 1.807) is 7.11 Å². The minimum absolute atomic E-state index is 0.116. The molecule has 2 aliphatic rings. The summed E-state index contributed by atoms with van der Waals surface area (Å²) < 4.78 is 11.1. The van der Waals surface area contributed by atoms with Crippen LogP contribution in [0.4, 0.5) is 0 Å². The van der Waals surface area contributed by atoms with Crippen molar-refractivity contribution < 1.29 is 14.3 Å². The lowest BCUT2D eigenvalue weighted by Gasteiger charge is -2.27. The number of nitrogens with zero attached hydrogens (tertiary/aromatic N) is 1. The second kappa shape index (κ2) is 7.88. The summed E-state index contributed by atoms with van der Waals surface area (Å²) in [7, 11) is 3.72. The van der Waals surface area contributed by atoms with E-state index in [4.69, 9.17) is 9.47 Å². The number of methoxy groups -OCH3 is 1. The number of amides is 1. The van der Waals surface area contributed by atoms with Gasteiger partial charge in [-0.15, -0.1) is 0 Å². The first kappa shape index (κ1) is 17.1. The summed E-state index contributed by atoms with van der Waals surface area (Å²) in [5.41, 5.74) is 1.18. The van der Waals surface area contributed by atoms with Crippen molar-refractivity contribution in [1.29, 1.82) is 0 Å². The Morgan fingerprint density at radius 3 is 2.92 bits per heavy atom. The summed E-state index contributed by atoms with van der Waals surface area (Å²) in [6.07, 6.45) is 5.96. The first-order chi connectivity index (χ1) is 11.7. The predicted octanol–water partition coefficient (Wildman–Crippen LogP) is 2.24. The Morgan fingerprint density at radius 1 is 1.38 bits per heavy atom. The van der Waals surface area contributed by atoms with Gasteiger partial charge in [-0.2, -0.15) is 0 Å². The fourth-order valence-corrected chi connectivity index (χ4v) is 3.69. The van der Waals surface area contributed by atoms with E-state index in [9.17, 15) is 4.79 Å². The first-order valence-electron chi connectivity index (χ1n) is 8.92. The third kappa shape index (κ3) is 4.20. The molecule has 1 aliphatic carbocycles. The quantitative estimate of drug-likeness (QED) is 0.868. The van der Waals surface area contributed by atoms with Gasteiger partial charge in [0.2, 0.25) is 5.91 Å². The zero-order valence-corrected chi connectivity index (χ0v) is 14.7. The molecule has 0 unspecified atom stereocenters. The highest BCUT2D eigenvalue weighted by Crippen LogP contribution is 2.30. The summed E-state index contributed by atoms with van der Waals surface area (Å²) in [5.74, 6) is 2.16. The molecule has 1 saturated carbocycles. The van der Waals surface area contributed by atoms with E-state index in [1.165, 1.54) is 31.2 Å². The molecule has 0 spiro atoms. The smallest absolute Gasteiger partial charge is 0.234 e. The summed E-state index contributed by atoms with van der Waals surface area (Å²) in [5, 5.41) is 3.07. The fraction of sp³-hybridized carbons (Fsp3) is 0.632. The number of benzene rings is 1. The van der Waals surface area contributed by atoms with E-state index in [2.05, 4.69) is 23.3 Å². The first-order valence-corrected chi connectivity index (χ1v) is 8.92. The molecule has 0 aromatic heterocycles. The molecular weight excluding hydrogens is 304 g/mol. The van der Waals surface area contributed by atoms with E-state index in [0.29, 0.717) is 31.7 Å². The topological polar surface area (TPSA) is 50.8 Å². The van der Waals surface area contributed by atoms with Crippen molar-refractivity contribution in [2.24, 2.45) is 5.92 Å². The molecule has 24 heavy (non-hydrogen) atoms. The SMILES string of the molecule is COc1ccc2c(c1)OC[C@@H](CNC(=O)CN(C)C1CCCC1)C2. The van der Waals surface area contributed by atoms with Gasteiger partial charge in [0.05, 0.1) is 20.3 Å². The molecule has 5 heteroatoms. The van der Waals surface area contributed by atoms with Crippen molar-refractivity contribution in [2.75, 3.05) is 33.9 Å². The van der Waals surface area contributed by atoms with Crippen molar-refractivity contribution in [1.82, 2.24) is 10.2 Å². The van der Waals surface area contributed by atoms with E-state index in [1.807, 2.05) is 12.1 Å². The minimum atomic E-state index is 0.116. The highest BCUT2D eigenvalue weighted by Gasteiger charge is 2.23. The number of rotatable bonds is 6. The van der Waals surface area contributed by atoms with Crippen LogP contribution in [-0.2, 0) is 11.2 Å². The minimum Gasteiger partial charge on any atom is -0.497 e. The van der Waals surface area contributed by atoms with Crippen molar-refractivity contribution >= 4 is 5.91 Å². The number of fused-ring (bicyclic) bond motifs is 1. The van der Waals surface area contributed by atoms with Crippen LogP contribution in [0, 0.1) is 5.92 Å². The van der Waals surface area contributed by atoms with Gasteiger partial charge in [0.25, 0.3) is 0 Å². The number of carbonyl (C=O) groups is 1. The summed E-state index contributed by atoms with van der Waals surface area (Å²) in [6.45, 7) is 1.80. The summed E-state index contributed by atoms with van der Waals surface area (Å²) >= 11 is 0. The molecule has 1 aromatic rings. The van der Waals surface area contributed by atoms with Crippen molar-refractivity contribution in [2.45, 2.75) is 38.1 Å². The zero-order valence-electron chi connectivity index (χ0n) is 14.7. The third-order valence-corrected chi connectivity index (χ3v) is 5.19. The Labute approximate surface area is 144 Å². The molecule has 1 aromatic carbocycles. The second-order valence-corrected chi connectivity index (χ2v) is 7.01. The molecule has 0 radical (unpaired) electrons. The van der Waals surface area contributed by atoms with Gasteiger partial charge in [-0.1, -0.05) is 18.9 Å². The fourth-order valence-electron chi connectivity index (χ4n) is 3.69. The predicted molar refractivity (Wildman–Crippen MR) is 93.6 cm³/mol. The summed E-state index contributed by atoms with van der Waals surface area (Å²) in [6, 6.07) is 6.52. The molecule has 1 fully saturated rings. The van der Waals surface area contributed by atoms with Gasteiger partial charge >= 0.3 is 0 Å². The molecule has 132 valence electrons. The number of carbonyl (C=O) groups excluding carboxylic acids is 1. The lowest BCUT2D eigenvalue weighted by atomic mass is 9.96. The average molecular weight is 332 g/mol. The van der Waals surface area contributed by atoms with Crippen molar-refractivity contribution in [3.63, 3.8) is 0 Å². The molecular formula is C19H28N2O3. The molecule has 1 heterocycles. The van der Waals surface area contributed by atoms with Crippen LogP contribution in [0.2, 0.25) is 0 Å². The summed E-state index contributed by atoms with van der Waals surface area (Å²) in [4.78, 5) is 14.4. The van der Waals surface area contributed by atoms with Gasteiger partial charge in [0, 0.05) is 24.6 Å². The molecule has 0 bridgehead atoms. The third-order valence-electron chi connectivity index (χ3n) is 5.19. The molecule has 1 atom stereocenters. The number of hydrogen-bond donors (Lipinski definition) is 1. The lowest BCUT2D eigenvalue weighted by molar-refractivity contribution is -0.122. The highest BCUT2D eigenvalue weighted by atomic mass is 16.5. The maximum Gasteiger partial charge on any atom is 0.234 e. The van der Waals surface area contributed by atoms with Crippen LogP contribution in [0.3, 0.4) is 0 Å². The molecule has 1 amide bonds.